The smallest absolute Gasteiger partial charge is 0.216 e. The van der Waals surface area contributed by atoms with Gasteiger partial charge < -0.3 is 5.32 Å². The number of nitrogens with one attached hydrogen (secondary N) is 1. The van der Waals surface area contributed by atoms with Crippen molar-refractivity contribution in [2.75, 3.05) is 12.3 Å². The van der Waals surface area contributed by atoms with Gasteiger partial charge in [-0.05, 0) is 41.5 Å². The van der Waals surface area contributed by atoms with Gasteiger partial charge in [-0.15, -0.1) is 10.2 Å². The van der Waals surface area contributed by atoms with Gasteiger partial charge in [-0.3, -0.25) is 14.2 Å². The molecular weight excluding hydrogens is 456 g/mol. The fourth-order valence-corrected chi connectivity index (χ4v) is 4.50. The average molecular weight is 479 g/mol. The molecule has 1 amide bonds. The Morgan fingerprint density at radius 1 is 1.03 bits per heavy atom. The molecule has 0 unspecified atom stereocenters. The van der Waals surface area contributed by atoms with E-state index >= 15 is 0 Å². The number of fused-ring (bicyclic) bond motifs is 1. The molecular formula is C25H23ClN4O2S. The van der Waals surface area contributed by atoms with Gasteiger partial charge in [0, 0.05) is 30.5 Å². The summed E-state index contributed by atoms with van der Waals surface area (Å²) in [4.78, 5) is 24.2. The zero-order chi connectivity index (χ0) is 23.4. The van der Waals surface area contributed by atoms with E-state index in [0.29, 0.717) is 34.5 Å². The van der Waals surface area contributed by atoms with E-state index in [1.54, 1.807) is 0 Å². The summed E-state index contributed by atoms with van der Waals surface area (Å²) in [5.41, 5.74) is 2.44. The van der Waals surface area contributed by atoms with Crippen molar-refractivity contribution in [2.24, 2.45) is 0 Å². The minimum Gasteiger partial charge on any atom is -0.356 e. The van der Waals surface area contributed by atoms with Gasteiger partial charge in [0.05, 0.1) is 11.4 Å². The Kier molecular flexibility index (Phi) is 7.11. The van der Waals surface area contributed by atoms with Crippen molar-refractivity contribution in [2.45, 2.75) is 25.4 Å². The molecule has 6 nitrogen and oxygen atoms in total. The number of benzene rings is 3. The van der Waals surface area contributed by atoms with Gasteiger partial charge >= 0.3 is 0 Å². The molecule has 4 aromatic rings. The Morgan fingerprint density at radius 3 is 2.58 bits per heavy atom. The number of halogens is 1. The second-order valence-electron chi connectivity index (χ2n) is 7.67. The summed E-state index contributed by atoms with van der Waals surface area (Å²) in [6.07, 6.45) is 0.497. The van der Waals surface area contributed by atoms with Crippen molar-refractivity contribution >= 4 is 45.8 Å². The summed E-state index contributed by atoms with van der Waals surface area (Å²) in [5.74, 6) is 0.822. The summed E-state index contributed by atoms with van der Waals surface area (Å²) in [6, 6.07) is 19.4. The zero-order valence-electron chi connectivity index (χ0n) is 18.3. The second-order valence-corrected chi connectivity index (χ2v) is 9.02. The van der Waals surface area contributed by atoms with Crippen molar-refractivity contribution < 1.29 is 9.59 Å². The lowest BCUT2D eigenvalue weighted by molar-refractivity contribution is -0.118. The molecule has 33 heavy (non-hydrogen) atoms. The highest BCUT2D eigenvalue weighted by Crippen LogP contribution is 2.27. The summed E-state index contributed by atoms with van der Waals surface area (Å²) in [7, 11) is 0. The van der Waals surface area contributed by atoms with Crippen LogP contribution >= 0.6 is 23.4 Å². The van der Waals surface area contributed by atoms with E-state index in [0.717, 1.165) is 22.0 Å². The predicted molar refractivity (Wildman–Crippen MR) is 132 cm³/mol. The molecule has 0 aliphatic carbocycles. The maximum absolute atomic E-state index is 12.9. The number of aromatic nitrogens is 3. The molecule has 0 bridgehead atoms. The third-order valence-electron chi connectivity index (χ3n) is 5.24. The quantitative estimate of drug-likeness (QED) is 0.283. The van der Waals surface area contributed by atoms with Gasteiger partial charge in [-0.1, -0.05) is 65.8 Å². The van der Waals surface area contributed by atoms with E-state index in [-0.39, 0.29) is 17.4 Å². The number of hydrogen-bond acceptors (Lipinski definition) is 5. The summed E-state index contributed by atoms with van der Waals surface area (Å²) < 4.78 is 1.89. The third kappa shape index (κ3) is 5.43. The van der Waals surface area contributed by atoms with E-state index in [1.165, 1.54) is 18.7 Å². The fourth-order valence-electron chi connectivity index (χ4n) is 3.46. The van der Waals surface area contributed by atoms with E-state index in [4.69, 9.17) is 11.6 Å². The van der Waals surface area contributed by atoms with Crippen molar-refractivity contribution in [3.8, 4) is 5.69 Å². The first-order valence-electron chi connectivity index (χ1n) is 10.5. The third-order valence-corrected chi connectivity index (χ3v) is 6.58. The molecule has 0 spiro atoms. The molecule has 0 radical (unpaired) electrons. The van der Waals surface area contributed by atoms with Crippen LogP contribution in [0.5, 0.6) is 0 Å². The Hall–Kier alpha value is -3.16. The number of ketones is 1. The SMILES string of the molecule is CC(=O)NCCc1nnc(SCC(=O)c2ccc3ccccc3c2)n1-c1ccc(C)c(Cl)c1. The zero-order valence-corrected chi connectivity index (χ0v) is 19.9. The molecule has 168 valence electrons. The monoisotopic (exact) mass is 478 g/mol. The summed E-state index contributed by atoms with van der Waals surface area (Å²) >= 11 is 7.69. The molecule has 0 fully saturated rings. The number of carbonyl (C=O) groups is 2. The molecule has 1 aromatic heterocycles. The van der Waals surface area contributed by atoms with Crippen LogP contribution in [0.1, 0.15) is 28.7 Å². The second kappa shape index (κ2) is 10.2. The van der Waals surface area contributed by atoms with Crippen molar-refractivity contribution in [1.29, 1.82) is 0 Å². The van der Waals surface area contributed by atoms with Crippen molar-refractivity contribution in [1.82, 2.24) is 20.1 Å². The fraction of sp³-hybridized carbons (Fsp3) is 0.200. The minimum atomic E-state index is -0.102. The molecule has 0 atom stereocenters. The highest BCUT2D eigenvalue weighted by atomic mass is 35.5. The standard InChI is InChI=1S/C25H23ClN4O2S/c1-16-7-10-21(14-22(16)26)30-24(11-12-27-17(2)31)28-29-25(30)33-15-23(32)20-9-8-18-5-3-4-6-19(18)13-20/h3-10,13-14H,11-12,15H2,1-2H3,(H,27,31). The van der Waals surface area contributed by atoms with Crippen LogP contribution < -0.4 is 5.32 Å². The maximum Gasteiger partial charge on any atom is 0.216 e. The van der Waals surface area contributed by atoms with E-state index in [2.05, 4.69) is 15.5 Å². The van der Waals surface area contributed by atoms with Gasteiger partial charge in [0.2, 0.25) is 5.91 Å². The molecule has 0 saturated carbocycles. The van der Waals surface area contributed by atoms with Gasteiger partial charge in [0.1, 0.15) is 5.82 Å². The van der Waals surface area contributed by atoms with Crippen LogP contribution in [0, 0.1) is 6.92 Å². The Bertz CT molecular complexity index is 1340. The van der Waals surface area contributed by atoms with Gasteiger partial charge in [0.25, 0.3) is 0 Å². The van der Waals surface area contributed by atoms with E-state index in [1.807, 2.05) is 72.2 Å². The van der Waals surface area contributed by atoms with Gasteiger partial charge in [0.15, 0.2) is 10.9 Å². The molecule has 8 heteroatoms. The summed E-state index contributed by atoms with van der Waals surface area (Å²) in [6.45, 7) is 3.85. The van der Waals surface area contributed by atoms with Gasteiger partial charge in [-0.2, -0.15) is 0 Å². The molecule has 3 aromatic carbocycles. The minimum absolute atomic E-state index is 0.0158. The Morgan fingerprint density at radius 2 is 1.82 bits per heavy atom. The number of thioether (sulfide) groups is 1. The maximum atomic E-state index is 12.9. The van der Waals surface area contributed by atoms with Crippen LogP contribution in [0.15, 0.2) is 65.8 Å². The Labute approximate surface area is 201 Å². The van der Waals surface area contributed by atoms with E-state index < -0.39 is 0 Å². The lowest BCUT2D eigenvalue weighted by Gasteiger charge is -2.12. The van der Waals surface area contributed by atoms with Crippen LogP contribution in [-0.4, -0.2) is 38.8 Å². The Balaban J connectivity index is 1.57. The number of hydrogen-bond donors (Lipinski definition) is 1. The molecule has 4 rings (SSSR count). The van der Waals surface area contributed by atoms with Crippen LogP contribution in [0.2, 0.25) is 5.02 Å². The van der Waals surface area contributed by atoms with Gasteiger partial charge in [-0.25, -0.2) is 0 Å². The summed E-state index contributed by atoms with van der Waals surface area (Å²) in [5, 5.41) is 14.8. The largest absolute Gasteiger partial charge is 0.356 e. The van der Waals surface area contributed by atoms with Crippen LogP contribution in [0.25, 0.3) is 16.5 Å². The van der Waals surface area contributed by atoms with E-state index in [9.17, 15) is 9.59 Å². The van der Waals surface area contributed by atoms with Crippen LogP contribution in [0.3, 0.4) is 0 Å². The first-order chi connectivity index (χ1) is 15.9. The first kappa shape index (κ1) is 23.0. The molecule has 0 aliphatic heterocycles. The number of aryl methyl sites for hydroxylation is 1. The molecule has 0 aliphatic rings. The van der Waals surface area contributed by atoms with Crippen molar-refractivity contribution in [3.63, 3.8) is 0 Å². The number of Topliss-reactive ketones (excluding diaryl/α,β-unsaturated/α-hetero) is 1. The highest BCUT2D eigenvalue weighted by Gasteiger charge is 2.17. The topological polar surface area (TPSA) is 76.9 Å². The van der Waals surface area contributed by atoms with Crippen LogP contribution in [0.4, 0.5) is 0 Å². The average Bonchev–Trinajstić information content (AvgIpc) is 3.21. The molecule has 0 saturated heterocycles. The molecule has 1 N–H and O–H groups in total. The number of amides is 1. The normalized spacial score (nSPS) is 11.0. The van der Waals surface area contributed by atoms with Crippen LogP contribution in [-0.2, 0) is 11.2 Å². The first-order valence-corrected chi connectivity index (χ1v) is 11.9. The number of rotatable bonds is 8. The lowest BCUT2D eigenvalue weighted by atomic mass is 10.1. The lowest BCUT2D eigenvalue weighted by Crippen LogP contribution is -2.23. The highest BCUT2D eigenvalue weighted by molar-refractivity contribution is 7.99. The number of carbonyl (C=O) groups excluding carboxylic acids is 2. The predicted octanol–water partition coefficient (Wildman–Crippen LogP) is 5.04. The van der Waals surface area contributed by atoms with Crippen molar-refractivity contribution in [3.05, 3.63) is 82.6 Å². The number of nitrogens with zero attached hydrogens (tertiary/aromatic N) is 3. The molecule has 1 heterocycles.